The molecular weight excluding hydrogens is 384 g/mol. The summed E-state index contributed by atoms with van der Waals surface area (Å²) >= 11 is 0. The summed E-state index contributed by atoms with van der Waals surface area (Å²) in [6.45, 7) is 0.212. The summed E-state index contributed by atoms with van der Waals surface area (Å²) in [5, 5.41) is 19.3. The fourth-order valence-corrected chi connectivity index (χ4v) is 3.85. The Hall–Kier alpha value is -3.35. The third-order valence-corrected chi connectivity index (χ3v) is 5.57. The molecule has 2 amide bonds. The Morgan fingerprint density at radius 3 is 2.30 bits per heavy atom. The van der Waals surface area contributed by atoms with Crippen LogP contribution >= 0.6 is 0 Å². The molecule has 2 N–H and O–H groups in total. The normalized spacial score (nSPS) is 16.4. The summed E-state index contributed by atoms with van der Waals surface area (Å²) < 4.78 is 0. The molecule has 0 spiro atoms. The highest BCUT2D eigenvalue weighted by Crippen LogP contribution is 2.25. The minimum absolute atomic E-state index is 0.0193. The average molecular weight is 410 g/mol. The van der Waals surface area contributed by atoms with Gasteiger partial charge in [0, 0.05) is 26.6 Å². The van der Waals surface area contributed by atoms with Crippen LogP contribution in [0.5, 0.6) is 0 Å². The molecule has 0 aromatic heterocycles. The van der Waals surface area contributed by atoms with Gasteiger partial charge in [0.05, 0.1) is 5.92 Å². The minimum atomic E-state index is -1.06. The Kier molecular flexibility index (Phi) is 6.72. The fraction of sp³-hybridized carbons (Fsp3) is 0.348. The molecule has 2 atom stereocenters. The lowest BCUT2D eigenvalue weighted by atomic mass is 9.94. The second-order valence-corrected chi connectivity index (χ2v) is 7.68. The molecule has 0 bridgehead atoms. The van der Waals surface area contributed by atoms with Crippen molar-refractivity contribution < 1.29 is 24.6 Å². The number of fused-ring (bicyclic) bond motifs is 1. The molecule has 30 heavy (non-hydrogen) atoms. The Morgan fingerprint density at radius 1 is 1.03 bits per heavy atom. The molecule has 1 aliphatic rings. The van der Waals surface area contributed by atoms with Crippen LogP contribution in [0.4, 0.5) is 4.79 Å². The third kappa shape index (κ3) is 4.97. The number of carbonyl (C=O) groups excluding carboxylic acids is 1. The number of carboxylic acid groups (broad SMARTS) is 2. The number of amides is 2. The first-order valence-corrected chi connectivity index (χ1v) is 9.95. The summed E-state index contributed by atoms with van der Waals surface area (Å²) in [7, 11) is 1.53. The maximum atomic E-state index is 13.1. The van der Waals surface area contributed by atoms with Gasteiger partial charge >= 0.3 is 18.0 Å². The van der Waals surface area contributed by atoms with Crippen molar-refractivity contribution in [2.24, 2.45) is 5.92 Å². The van der Waals surface area contributed by atoms with Crippen LogP contribution < -0.4 is 0 Å². The van der Waals surface area contributed by atoms with Crippen LogP contribution in [0.25, 0.3) is 0 Å². The van der Waals surface area contributed by atoms with Gasteiger partial charge in [0.1, 0.15) is 6.04 Å². The van der Waals surface area contributed by atoms with E-state index < -0.39 is 29.9 Å². The Balaban J connectivity index is 1.69. The first-order chi connectivity index (χ1) is 14.4. The van der Waals surface area contributed by atoms with Gasteiger partial charge in [0.25, 0.3) is 0 Å². The molecule has 0 saturated heterocycles. The second-order valence-electron chi connectivity index (χ2n) is 7.68. The molecule has 1 heterocycles. The molecule has 3 rings (SSSR count). The smallest absolute Gasteiger partial charge is 0.326 e. The van der Waals surface area contributed by atoms with E-state index in [1.165, 1.54) is 16.8 Å². The predicted molar refractivity (Wildman–Crippen MR) is 111 cm³/mol. The number of carbonyl (C=O) groups is 3. The molecule has 2 aromatic rings. The van der Waals surface area contributed by atoms with Gasteiger partial charge in [-0.25, -0.2) is 9.59 Å². The number of hydrogen-bond acceptors (Lipinski definition) is 3. The predicted octanol–water partition coefficient (Wildman–Crippen LogP) is 2.88. The lowest BCUT2D eigenvalue weighted by molar-refractivity contribution is -0.144. The van der Waals surface area contributed by atoms with E-state index >= 15 is 0 Å². The van der Waals surface area contributed by atoms with Gasteiger partial charge in [-0.05, 0) is 29.5 Å². The molecule has 1 aliphatic heterocycles. The van der Waals surface area contributed by atoms with E-state index in [0.717, 1.165) is 16.7 Å². The number of aryl methyl sites for hydroxylation is 1. The van der Waals surface area contributed by atoms with E-state index in [0.29, 0.717) is 12.8 Å². The quantitative estimate of drug-likeness (QED) is 0.731. The van der Waals surface area contributed by atoms with Crippen LogP contribution in [0, 0.1) is 5.92 Å². The number of benzene rings is 2. The van der Waals surface area contributed by atoms with Crippen LogP contribution in [0.2, 0.25) is 0 Å². The van der Waals surface area contributed by atoms with E-state index in [1.54, 1.807) is 0 Å². The third-order valence-electron chi connectivity index (χ3n) is 5.57. The summed E-state index contributed by atoms with van der Waals surface area (Å²) in [4.78, 5) is 39.2. The van der Waals surface area contributed by atoms with Crippen LogP contribution in [0.1, 0.15) is 23.1 Å². The molecule has 158 valence electrons. The Labute approximate surface area is 175 Å². The minimum Gasteiger partial charge on any atom is -0.481 e. The SMILES string of the molecule is CN(CC(CCc1ccccc1)C(=O)O)C(=O)N1Cc2ccccc2C[C@H]1C(=O)O. The Bertz CT molecular complexity index is 915. The Morgan fingerprint density at radius 2 is 1.67 bits per heavy atom. The summed E-state index contributed by atoms with van der Waals surface area (Å²) in [6.07, 6.45) is 1.22. The van der Waals surface area contributed by atoms with Crippen molar-refractivity contribution in [2.45, 2.75) is 31.8 Å². The number of urea groups is 1. The monoisotopic (exact) mass is 410 g/mol. The maximum Gasteiger partial charge on any atom is 0.326 e. The van der Waals surface area contributed by atoms with Crippen LogP contribution in [-0.2, 0) is 29.0 Å². The number of hydrogen-bond donors (Lipinski definition) is 2. The van der Waals surface area contributed by atoms with Gasteiger partial charge in [-0.1, -0.05) is 54.6 Å². The number of carboxylic acids is 2. The van der Waals surface area contributed by atoms with Crippen molar-refractivity contribution >= 4 is 18.0 Å². The van der Waals surface area contributed by atoms with Crippen molar-refractivity contribution in [3.63, 3.8) is 0 Å². The van der Waals surface area contributed by atoms with E-state index in [1.807, 2.05) is 54.6 Å². The van der Waals surface area contributed by atoms with Crippen LogP contribution in [-0.4, -0.2) is 57.6 Å². The highest BCUT2D eigenvalue weighted by molar-refractivity contribution is 5.84. The first-order valence-electron chi connectivity index (χ1n) is 9.95. The number of aliphatic carboxylic acids is 2. The van der Waals surface area contributed by atoms with Crippen molar-refractivity contribution in [3.8, 4) is 0 Å². The lowest BCUT2D eigenvalue weighted by Crippen LogP contribution is -2.53. The van der Waals surface area contributed by atoms with Gasteiger partial charge in [0.15, 0.2) is 0 Å². The highest BCUT2D eigenvalue weighted by Gasteiger charge is 2.36. The molecule has 2 aromatic carbocycles. The van der Waals surface area contributed by atoms with Crippen molar-refractivity contribution in [3.05, 3.63) is 71.3 Å². The standard InChI is InChI=1S/C23H26N2O5/c1-24(14-19(21(26)27)12-11-16-7-3-2-4-8-16)23(30)25-15-18-10-6-5-9-17(18)13-20(25)22(28)29/h2-10,19-20H,11-15H2,1H3,(H,26,27)(H,28,29)/t19?,20-/m0/s1. The first kappa shape index (κ1) is 21.4. The summed E-state index contributed by atoms with van der Waals surface area (Å²) in [5.41, 5.74) is 2.87. The van der Waals surface area contributed by atoms with Gasteiger partial charge < -0.3 is 20.0 Å². The zero-order valence-electron chi connectivity index (χ0n) is 16.9. The largest absolute Gasteiger partial charge is 0.481 e. The van der Waals surface area contributed by atoms with Gasteiger partial charge in [0.2, 0.25) is 0 Å². The molecule has 1 unspecified atom stereocenters. The highest BCUT2D eigenvalue weighted by atomic mass is 16.4. The molecule has 0 fully saturated rings. The van der Waals surface area contributed by atoms with Gasteiger partial charge in [-0.2, -0.15) is 0 Å². The molecule has 7 nitrogen and oxygen atoms in total. The topological polar surface area (TPSA) is 98.2 Å². The van der Waals surface area contributed by atoms with Crippen molar-refractivity contribution in [1.82, 2.24) is 9.80 Å². The lowest BCUT2D eigenvalue weighted by Gasteiger charge is -2.37. The number of rotatable bonds is 7. The zero-order chi connectivity index (χ0) is 21.7. The molecule has 0 radical (unpaired) electrons. The van der Waals surface area contributed by atoms with Gasteiger partial charge in [-0.3, -0.25) is 4.79 Å². The van der Waals surface area contributed by atoms with Crippen molar-refractivity contribution in [2.75, 3.05) is 13.6 Å². The summed E-state index contributed by atoms with van der Waals surface area (Å²) in [5.74, 6) is -2.77. The molecular formula is C23H26N2O5. The molecule has 0 saturated carbocycles. The maximum absolute atomic E-state index is 13.1. The van der Waals surface area contributed by atoms with E-state index in [-0.39, 0.29) is 19.5 Å². The molecule has 7 heteroatoms. The number of nitrogens with zero attached hydrogens (tertiary/aromatic N) is 2. The van der Waals surface area contributed by atoms with Crippen molar-refractivity contribution in [1.29, 1.82) is 0 Å². The zero-order valence-corrected chi connectivity index (χ0v) is 16.9. The van der Waals surface area contributed by atoms with E-state index in [9.17, 15) is 24.6 Å². The molecule has 0 aliphatic carbocycles. The summed E-state index contributed by atoms with van der Waals surface area (Å²) in [6, 6.07) is 15.6. The average Bonchev–Trinajstić information content (AvgIpc) is 2.75. The fourth-order valence-electron chi connectivity index (χ4n) is 3.85. The van der Waals surface area contributed by atoms with E-state index in [4.69, 9.17) is 0 Å². The van der Waals surface area contributed by atoms with E-state index in [2.05, 4.69) is 0 Å². The van der Waals surface area contributed by atoms with Gasteiger partial charge in [-0.15, -0.1) is 0 Å². The van der Waals surface area contributed by atoms with Crippen LogP contribution in [0.15, 0.2) is 54.6 Å². The second kappa shape index (κ2) is 9.43. The van der Waals surface area contributed by atoms with Crippen LogP contribution in [0.3, 0.4) is 0 Å².